The second kappa shape index (κ2) is 10.1. The highest BCUT2D eigenvalue weighted by molar-refractivity contribution is 7.01. The van der Waals surface area contributed by atoms with E-state index >= 15 is 0 Å². The molecule has 2 aromatic rings. The molecule has 1 aliphatic heterocycles. The van der Waals surface area contributed by atoms with Crippen LogP contribution in [0.15, 0.2) is 71.5 Å². The van der Waals surface area contributed by atoms with Gasteiger partial charge >= 0.3 is 0 Å². The smallest absolute Gasteiger partial charge is 0.254 e. The first-order chi connectivity index (χ1) is 17.1. The number of anilines is 1. The molecule has 2 aromatic carbocycles. The van der Waals surface area contributed by atoms with Crippen molar-refractivity contribution in [1.29, 1.82) is 5.41 Å². The topological polar surface area (TPSA) is 70.2 Å². The Hall–Kier alpha value is -3.18. The molecular weight excluding hydrogens is 458 g/mol. The second-order valence-electron chi connectivity index (χ2n) is 10.7. The predicted octanol–water partition coefficient (Wildman–Crippen LogP) is 6.49. The van der Waals surface area contributed by atoms with Crippen LogP contribution in [0.5, 0.6) is 0 Å². The van der Waals surface area contributed by atoms with E-state index in [9.17, 15) is 4.79 Å². The summed E-state index contributed by atoms with van der Waals surface area (Å²) in [4.78, 5) is 15.5. The number of nitrogen functional groups attached to an aromatic ring is 1. The maximum absolute atomic E-state index is 13.7. The molecule has 0 unspecified atom stereocenters. The van der Waals surface area contributed by atoms with Crippen molar-refractivity contribution in [3.8, 4) is 0 Å². The van der Waals surface area contributed by atoms with Crippen LogP contribution in [0.4, 0.5) is 5.69 Å². The SMILES string of the molecule is CCCCN(C)C(=O)c1ccccc1C1=C2C=CC(=N)C=C2[Si](C(C)C)(C(C)C)c2cc(N)ccc21. The van der Waals surface area contributed by atoms with Crippen molar-refractivity contribution in [2.45, 2.75) is 58.5 Å². The summed E-state index contributed by atoms with van der Waals surface area (Å²) in [5, 5.41) is 11.2. The number of unbranched alkanes of at least 4 members (excludes halogenated alkanes) is 1. The fraction of sp³-hybridized carbons (Fsp3) is 0.355. The van der Waals surface area contributed by atoms with Gasteiger partial charge in [0.1, 0.15) is 8.07 Å². The van der Waals surface area contributed by atoms with Gasteiger partial charge in [-0.15, -0.1) is 0 Å². The van der Waals surface area contributed by atoms with Crippen LogP contribution < -0.4 is 10.9 Å². The van der Waals surface area contributed by atoms with Crippen molar-refractivity contribution in [3.63, 3.8) is 0 Å². The first-order valence-corrected chi connectivity index (χ1v) is 15.3. The van der Waals surface area contributed by atoms with Crippen molar-refractivity contribution in [2.75, 3.05) is 19.3 Å². The molecule has 5 heteroatoms. The van der Waals surface area contributed by atoms with E-state index in [1.807, 2.05) is 42.3 Å². The van der Waals surface area contributed by atoms with E-state index < -0.39 is 8.07 Å². The minimum atomic E-state index is -2.32. The van der Waals surface area contributed by atoms with E-state index in [4.69, 9.17) is 11.1 Å². The van der Waals surface area contributed by atoms with Gasteiger partial charge in [0, 0.05) is 24.8 Å². The van der Waals surface area contributed by atoms with Gasteiger partial charge in [0.15, 0.2) is 0 Å². The fourth-order valence-electron chi connectivity index (χ4n) is 6.31. The molecule has 4 rings (SSSR count). The van der Waals surface area contributed by atoms with E-state index in [1.165, 1.54) is 15.9 Å². The summed E-state index contributed by atoms with van der Waals surface area (Å²) in [6.45, 7) is 12.2. The Bertz CT molecular complexity index is 1290. The normalized spacial score (nSPS) is 16.2. The maximum atomic E-state index is 13.7. The Morgan fingerprint density at radius 3 is 2.39 bits per heavy atom. The Labute approximate surface area is 217 Å². The zero-order valence-corrected chi connectivity index (χ0v) is 23.5. The molecule has 4 nitrogen and oxygen atoms in total. The fourth-order valence-corrected chi connectivity index (χ4v) is 12.5. The number of rotatable bonds is 7. The van der Waals surface area contributed by atoms with Crippen molar-refractivity contribution in [2.24, 2.45) is 0 Å². The first kappa shape index (κ1) is 25.9. The standard InChI is InChI=1S/C31H39N3OSi/c1-7-8-17-34(6)31(35)25-12-10-9-11-24(25)30-26-15-13-22(32)18-28(26)36(20(2)3,21(4)5)29-19-23(33)14-16-27(29)30/h9-16,18-21,32H,7-8,17,33H2,1-6H3. The van der Waals surface area contributed by atoms with Crippen LogP contribution in [-0.4, -0.2) is 38.2 Å². The average molecular weight is 498 g/mol. The van der Waals surface area contributed by atoms with Crippen LogP contribution in [0.1, 0.15) is 68.9 Å². The number of benzene rings is 2. The Morgan fingerprint density at radius 1 is 1.03 bits per heavy atom. The summed E-state index contributed by atoms with van der Waals surface area (Å²) < 4.78 is 0. The van der Waals surface area contributed by atoms with E-state index in [1.54, 1.807) is 0 Å². The molecule has 0 saturated heterocycles. The van der Waals surface area contributed by atoms with E-state index in [2.05, 4.69) is 65.0 Å². The summed E-state index contributed by atoms with van der Waals surface area (Å²) in [6, 6.07) is 14.3. The van der Waals surface area contributed by atoms with Crippen LogP contribution in [0.3, 0.4) is 0 Å². The molecule has 0 bridgehead atoms. The molecule has 0 fully saturated rings. The number of allylic oxidation sites excluding steroid dienone is 5. The number of amides is 1. The van der Waals surface area contributed by atoms with Gasteiger partial charge in [0.05, 0.1) is 5.71 Å². The molecule has 0 atom stereocenters. The van der Waals surface area contributed by atoms with Crippen LogP contribution in [-0.2, 0) is 0 Å². The molecule has 1 heterocycles. The van der Waals surface area contributed by atoms with Gasteiger partial charge in [-0.3, -0.25) is 4.79 Å². The molecule has 0 spiro atoms. The summed E-state index contributed by atoms with van der Waals surface area (Å²) in [7, 11) is -0.423. The molecule has 188 valence electrons. The number of nitrogens with one attached hydrogen (secondary N) is 1. The van der Waals surface area contributed by atoms with Crippen molar-refractivity contribution in [1.82, 2.24) is 4.90 Å². The molecule has 3 N–H and O–H groups in total. The minimum Gasteiger partial charge on any atom is -0.399 e. The summed E-state index contributed by atoms with van der Waals surface area (Å²) >= 11 is 0. The Balaban J connectivity index is 2.07. The number of hydrogen-bond acceptors (Lipinski definition) is 3. The van der Waals surface area contributed by atoms with Crippen molar-refractivity contribution >= 4 is 36.1 Å². The highest BCUT2D eigenvalue weighted by Gasteiger charge is 2.51. The van der Waals surface area contributed by atoms with Crippen LogP contribution in [0.2, 0.25) is 11.1 Å². The summed E-state index contributed by atoms with van der Waals surface area (Å²) in [5.74, 6) is 0.0454. The first-order valence-electron chi connectivity index (χ1n) is 13.1. The minimum absolute atomic E-state index is 0.0454. The lowest BCUT2D eigenvalue weighted by molar-refractivity contribution is 0.0793. The third-order valence-corrected chi connectivity index (χ3v) is 14.2. The number of fused-ring (bicyclic) bond motifs is 2. The molecule has 1 aliphatic carbocycles. The molecule has 0 aromatic heterocycles. The van der Waals surface area contributed by atoms with Crippen LogP contribution >= 0.6 is 0 Å². The lowest BCUT2D eigenvalue weighted by Crippen LogP contribution is -2.59. The number of carbonyl (C=O) groups is 1. The van der Waals surface area contributed by atoms with Gasteiger partial charge in [0.2, 0.25) is 0 Å². The molecular formula is C31H39N3OSi. The summed E-state index contributed by atoms with van der Waals surface area (Å²) in [5.41, 5.74) is 13.6. The van der Waals surface area contributed by atoms with Gasteiger partial charge in [-0.2, -0.15) is 0 Å². The van der Waals surface area contributed by atoms with Gasteiger partial charge in [-0.05, 0) is 80.5 Å². The zero-order chi connectivity index (χ0) is 26.2. The van der Waals surface area contributed by atoms with Crippen molar-refractivity contribution < 1.29 is 4.79 Å². The van der Waals surface area contributed by atoms with Crippen LogP contribution in [0.25, 0.3) is 5.57 Å². The largest absolute Gasteiger partial charge is 0.399 e. The van der Waals surface area contributed by atoms with Gasteiger partial charge in [0.25, 0.3) is 5.91 Å². The van der Waals surface area contributed by atoms with Gasteiger partial charge < -0.3 is 16.0 Å². The lowest BCUT2D eigenvalue weighted by Gasteiger charge is -2.48. The zero-order valence-electron chi connectivity index (χ0n) is 22.5. The second-order valence-corrected chi connectivity index (χ2v) is 15.9. The van der Waals surface area contributed by atoms with E-state index in [0.717, 1.165) is 47.3 Å². The monoisotopic (exact) mass is 497 g/mol. The highest BCUT2D eigenvalue weighted by Crippen LogP contribution is 2.50. The molecule has 36 heavy (non-hydrogen) atoms. The highest BCUT2D eigenvalue weighted by atomic mass is 28.3. The average Bonchev–Trinajstić information content (AvgIpc) is 2.84. The summed E-state index contributed by atoms with van der Waals surface area (Å²) in [6.07, 6.45) is 8.12. The maximum Gasteiger partial charge on any atom is 0.254 e. The van der Waals surface area contributed by atoms with Gasteiger partial charge in [-0.1, -0.05) is 71.4 Å². The predicted molar refractivity (Wildman–Crippen MR) is 156 cm³/mol. The van der Waals surface area contributed by atoms with E-state index in [-0.39, 0.29) is 5.91 Å². The van der Waals surface area contributed by atoms with Crippen LogP contribution in [0, 0.1) is 5.41 Å². The van der Waals surface area contributed by atoms with Crippen molar-refractivity contribution in [3.05, 3.63) is 88.2 Å². The lowest BCUT2D eigenvalue weighted by atomic mass is 9.87. The number of hydrogen-bond donors (Lipinski definition) is 2. The Kier molecular flexibility index (Phi) is 7.23. The van der Waals surface area contributed by atoms with Gasteiger partial charge in [-0.25, -0.2) is 0 Å². The number of nitrogens with two attached hydrogens (primary N) is 1. The third kappa shape index (κ3) is 4.09. The number of carbonyl (C=O) groups excluding carboxylic acids is 1. The third-order valence-electron chi connectivity index (χ3n) is 7.94. The quantitative estimate of drug-likeness (QED) is 0.339. The molecule has 2 aliphatic rings. The Morgan fingerprint density at radius 2 is 1.72 bits per heavy atom. The van der Waals surface area contributed by atoms with E-state index in [0.29, 0.717) is 16.8 Å². The molecule has 0 radical (unpaired) electrons. The molecule has 1 amide bonds. The number of nitrogens with zero attached hydrogens (tertiary/aromatic N) is 1. The molecule has 0 saturated carbocycles.